The van der Waals surface area contributed by atoms with Gasteiger partial charge in [-0.3, -0.25) is 9.80 Å². The van der Waals surface area contributed by atoms with Gasteiger partial charge in [-0.15, -0.1) is 0 Å². The van der Waals surface area contributed by atoms with E-state index in [1.807, 2.05) is 0 Å². The molecule has 2 heterocycles. The first-order valence-electron chi connectivity index (χ1n) is 13.7. The molecule has 0 radical (unpaired) electrons. The molecule has 0 bridgehead atoms. The molecule has 8 heteroatoms. The van der Waals surface area contributed by atoms with E-state index in [0.29, 0.717) is 0 Å². The predicted octanol–water partition coefficient (Wildman–Crippen LogP) is -0.364. The molecule has 194 valence electrons. The standard InChI is InChI=1S/C26H50N8/c1-7-27-11-13-31-17-21-33(19-15-29-9-1)23-25-3-5-26(6-4-25)24-34-20-16-30-10-2-8-28-12-14-32-18-22-34/h3-6,27-32H,1-2,7-24H2. The number of hydrogen-bond donors (Lipinski definition) is 6. The summed E-state index contributed by atoms with van der Waals surface area (Å²) in [5.41, 5.74) is 2.83. The minimum Gasteiger partial charge on any atom is -0.315 e. The summed E-state index contributed by atoms with van der Waals surface area (Å²) >= 11 is 0. The molecule has 34 heavy (non-hydrogen) atoms. The van der Waals surface area contributed by atoms with Gasteiger partial charge >= 0.3 is 0 Å². The summed E-state index contributed by atoms with van der Waals surface area (Å²) in [4.78, 5) is 5.15. The van der Waals surface area contributed by atoms with Crippen LogP contribution in [0.4, 0.5) is 0 Å². The fraction of sp³-hybridized carbons (Fsp3) is 0.769. The van der Waals surface area contributed by atoms with Gasteiger partial charge in [0.15, 0.2) is 0 Å². The van der Waals surface area contributed by atoms with Gasteiger partial charge < -0.3 is 31.9 Å². The van der Waals surface area contributed by atoms with Crippen molar-refractivity contribution in [2.75, 3.05) is 105 Å². The van der Waals surface area contributed by atoms with E-state index in [1.54, 1.807) is 0 Å². The van der Waals surface area contributed by atoms with Crippen molar-refractivity contribution in [2.45, 2.75) is 25.9 Å². The Morgan fingerprint density at radius 1 is 0.412 bits per heavy atom. The van der Waals surface area contributed by atoms with Crippen molar-refractivity contribution in [2.24, 2.45) is 0 Å². The second kappa shape index (κ2) is 18.2. The second-order valence-corrected chi connectivity index (χ2v) is 9.58. The monoisotopic (exact) mass is 474 g/mol. The Bertz CT molecular complexity index is 530. The van der Waals surface area contributed by atoms with Gasteiger partial charge in [0.2, 0.25) is 0 Å². The first-order valence-corrected chi connectivity index (χ1v) is 13.7. The maximum absolute atomic E-state index is 3.60. The molecule has 2 aliphatic rings. The summed E-state index contributed by atoms with van der Waals surface area (Å²) < 4.78 is 0. The molecule has 0 aliphatic carbocycles. The highest BCUT2D eigenvalue weighted by Gasteiger charge is 2.09. The van der Waals surface area contributed by atoms with E-state index in [-0.39, 0.29) is 0 Å². The maximum atomic E-state index is 3.60. The van der Waals surface area contributed by atoms with E-state index >= 15 is 0 Å². The fourth-order valence-electron chi connectivity index (χ4n) is 4.54. The van der Waals surface area contributed by atoms with Gasteiger partial charge in [0.25, 0.3) is 0 Å². The SMILES string of the molecule is c1cc(CN2CCNCCCNCCNCC2)ccc1CN1CCNCCCNCCNCC1. The Kier molecular flexibility index (Phi) is 14.7. The Morgan fingerprint density at radius 2 is 0.706 bits per heavy atom. The molecule has 0 unspecified atom stereocenters. The summed E-state index contributed by atoms with van der Waals surface area (Å²) in [5.74, 6) is 0. The lowest BCUT2D eigenvalue weighted by atomic mass is 10.1. The van der Waals surface area contributed by atoms with Crippen LogP contribution in [0.2, 0.25) is 0 Å². The molecule has 0 amide bonds. The van der Waals surface area contributed by atoms with Crippen molar-refractivity contribution < 1.29 is 0 Å². The zero-order valence-corrected chi connectivity index (χ0v) is 21.3. The van der Waals surface area contributed by atoms with Crippen molar-refractivity contribution in [1.29, 1.82) is 0 Å². The van der Waals surface area contributed by atoms with Gasteiger partial charge in [-0.1, -0.05) is 24.3 Å². The lowest BCUT2D eigenvalue weighted by Gasteiger charge is -2.24. The summed E-state index contributed by atoms with van der Waals surface area (Å²) in [6, 6.07) is 9.35. The summed E-state index contributed by atoms with van der Waals surface area (Å²) in [5, 5.41) is 21.4. The smallest absolute Gasteiger partial charge is 0.0234 e. The number of benzene rings is 1. The second-order valence-electron chi connectivity index (χ2n) is 9.58. The van der Waals surface area contributed by atoms with Gasteiger partial charge in [-0.2, -0.15) is 0 Å². The van der Waals surface area contributed by atoms with Crippen LogP contribution in [0.5, 0.6) is 0 Å². The molecule has 3 rings (SSSR count). The molecule has 2 aliphatic heterocycles. The minimum absolute atomic E-state index is 1.02. The molecule has 6 N–H and O–H groups in total. The zero-order chi connectivity index (χ0) is 23.5. The van der Waals surface area contributed by atoms with Crippen LogP contribution < -0.4 is 31.9 Å². The lowest BCUT2D eigenvalue weighted by molar-refractivity contribution is 0.263. The highest BCUT2D eigenvalue weighted by atomic mass is 15.2. The Morgan fingerprint density at radius 3 is 1.06 bits per heavy atom. The predicted molar refractivity (Wildman–Crippen MR) is 143 cm³/mol. The summed E-state index contributed by atoms with van der Waals surface area (Å²) in [6.45, 7) is 19.3. The van der Waals surface area contributed by atoms with Crippen LogP contribution in [0, 0.1) is 0 Å². The third-order valence-corrected chi connectivity index (χ3v) is 6.63. The average Bonchev–Trinajstić information content (AvgIpc) is 2.89. The first-order chi connectivity index (χ1) is 16.9. The molecule has 0 saturated carbocycles. The average molecular weight is 475 g/mol. The van der Waals surface area contributed by atoms with Crippen molar-refractivity contribution in [3.63, 3.8) is 0 Å². The molecule has 0 atom stereocenters. The minimum atomic E-state index is 1.02. The van der Waals surface area contributed by atoms with Crippen LogP contribution >= 0.6 is 0 Å². The third-order valence-electron chi connectivity index (χ3n) is 6.63. The summed E-state index contributed by atoms with van der Waals surface area (Å²) in [7, 11) is 0. The number of nitrogens with zero attached hydrogens (tertiary/aromatic N) is 2. The maximum Gasteiger partial charge on any atom is 0.0234 e. The van der Waals surface area contributed by atoms with Gasteiger partial charge in [0.05, 0.1) is 0 Å². The fourth-order valence-corrected chi connectivity index (χ4v) is 4.54. The first kappa shape index (κ1) is 27.5. The molecule has 0 spiro atoms. The molecule has 2 saturated heterocycles. The molecular formula is C26H50N8. The Labute approximate surface area is 208 Å². The van der Waals surface area contributed by atoms with Gasteiger partial charge in [0.1, 0.15) is 0 Å². The van der Waals surface area contributed by atoms with Crippen molar-refractivity contribution in [3.05, 3.63) is 35.4 Å². The molecule has 0 aromatic heterocycles. The van der Waals surface area contributed by atoms with E-state index in [2.05, 4.69) is 66.0 Å². The Balaban J connectivity index is 1.46. The third kappa shape index (κ3) is 12.6. The highest BCUT2D eigenvalue weighted by Crippen LogP contribution is 2.10. The van der Waals surface area contributed by atoms with Crippen molar-refractivity contribution >= 4 is 0 Å². The summed E-state index contributed by atoms with van der Waals surface area (Å²) in [6.07, 6.45) is 2.39. The van der Waals surface area contributed by atoms with Crippen LogP contribution in [0.25, 0.3) is 0 Å². The zero-order valence-electron chi connectivity index (χ0n) is 21.3. The molecular weight excluding hydrogens is 424 g/mol. The van der Waals surface area contributed by atoms with E-state index in [1.165, 1.54) is 24.0 Å². The van der Waals surface area contributed by atoms with Gasteiger partial charge in [-0.05, 0) is 50.1 Å². The normalized spacial score (nSPS) is 22.8. The van der Waals surface area contributed by atoms with E-state index in [0.717, 1.165) is 118 Å². The topological polar surface area (TPSA) is 78.7 Å². The van der Waals surface area contributed by atoms with Crippen LogP contribution in [0.3, 0.4) is 0 Å². The lowest BCUT2D eigenvalue weighted by Crippen LogP contribution is -2.37. The molecule has 1 aromatic rings. The molecule has 1 aromatic carbocycles. The largest absolute Gasteiger partial charge is 0.315 e. The van der Waals surface area contributed by atoms with E-state index in [9.17, 15) is 0 Å². The molecule has 8 nitrogen and oxygen atoms in total. The van der Waals surface area contributed by atoms with Crippen LogP contribution in [0.1, 0.15) is 24.0 Å². The number of hydrogen-bond acceptors (Lipinski definition) is 8. The molecule has 2 fully saturated rings. The van der Waals surface area contributed by atoms with E-state index < -0.39 is 0 Å². The van der Waals surface area contributed by atoms with Crippen LogP contribution in [-0.2, 0) is 13.1 Å². The van der Waals surface area contributed by atoms with E-state index in [4.69, 9.17) is 0 Å². The van der Waals surface area contributed by atoms with Crippen molar-refractivity contribution in [1.82, 2.24) is 41.7 Å². The number of nitrogens with one attached hydrogen (secondary N) is 6. The van der Waals surface area contributed by atoms with Gasteiger partial charge in [-0.25, -0.2) is 0 Å². The van der Waals surface area contributed by atoms with Gasteiger partial charge in [0, 0.05) is 91.6 Å². The highest BCUT2D eigenvalue weighted by molar-refractivity contribution is 5.22. The van der Waals surface area contributed by atoms with Crippen LogP contribution in [-0.4, -0.2) is 115 Å². The van der Waals surface area contributed by atoms with Crippen LogP contribution in [0.15, 0.2) is 24.3 Å². The Hall–Kier alpha value is -1.10. The quantitative estimate of drug-likeness (QED) is 0.353. The number of rotatable bonds is 4. The van der Waals surface area contributed by atoms with Crippen molar-refractivity contribution in [3.8, 4) is 0 Å².